The molecule has 0 aliphatic heterocycles. The van der Waals surface area contributed by atoms with E-state index in [4.69, 9.17) is 5.73 Å². The molecule has 122 valence electrons. The molecule has 1 amide bonds. The van der Waals surface area contributed by atoms with Gasteiger partial charge in [-0.05, 0) is 18.6 Å². The van der Waals surface area contributed by atoms with Gasteiger partial charge in [-0.3, -0.25) is 14.9 Å². The van der Waals surface area contributed by atoms with Crippen LogP contribution in [0.25, 0.3) is 0 Å². The molecule has 1 aromatic carbocycles. The van der Waals surface area contributed by atoms with Crippen molar-refractivity contribution in [2.75, 3.05) is 24.6 Å². The minimum atomic E-state index is -3.28. The van der Waals surface area contributed by atoms with Crippen molar-refractivity contribution < 1.29 is 18.1 Å². The number of carbonyl (C=O) groups is 1. The van der Waals surface area contributed by atoms with Crippen LogP contribution in [0.15, 0.2) is 18.2 Å². The number of nitrogens with zero attached hydrogens (tertiary/aromatic N) is 1. The number of amides is 1. The van der Waals surface area contributed by atoms with Crippen molar-refractivity contribution in [2.45, 2.75) is 13.3 Å². The molecule has 0 saturated heterocycles. The number of rotatable bonds is 8. The maximum Gasteiger partial charge on any atom is 0.292 e. The fourth-order valence-electron chi connectivity index (χ4n) is 1.64. The highest BCUT2D eigenvalue weighted by Crippen LogP contribution is 2.22. The largest absolute Gasteiger partial charge is 0.393 e. The molecule has 1 aromatic rings. The Kier molecular flexibility index (Phi) is 6.25. The molecule has 0 aliphatic rings. The van der Waals surface area contributed by atoms with Crippen LogP contribution in [0.3, 0.4) is 0 Å². The van der Waals surface area contributed by atoms with Gasteiger partial charge in [-0.1, -0.05) is 6.07 Å². The number of benzene rings is 1. The summed E-state index contributed by atoms with van der Waals surface area (Å²) < 4.78 is 24.7. The molecule has 0 aromatic heterocycles. The fourth-order valence-corrected chi connectivity index (χ4v) is 2.26. The van der Waals surface area contributed by atoms with Crippen LogP contribution in [0.4, 0.5) is 11.4 Å². The zero-order valence-electron chi connectivity index (χ0n) is 12.0. The Morgan fingerprint density at radius 3 is 2.59 bits per heavy atom. The molecule has 0 radical (unpaired) electrons. The summed E-state index contributed by atoms with van der Waals surface area (Å²) in [7, 11) is -3.28. The highest BCUT2D eigenvalue weighted by atomic mass is 32.2. The number of sulfonamides is 1. The smallest absolute Gasteiger partial charge is 0.292 e. The van der Waals surface area contributed by atoms with Crippen LogP contribution >= 0.6 is 0 Å². The normalized spacial score (nSPS) is 11.1. The number of carbonyl (C=O) groups excluding carboxylic acids is 1. The molecule has 0 heterocycles. The molecule has 0 aliphatic carbocycles. The van der Waals surface area contributed by atoms with Crippen LogP contribution in [0, 0.1) is 10.1 Å². The van der Waals surface area contributed by atoms with E-state index in [9.17, 15) is 23.3 Å². The molecule has 0 bridgehead atoms. The van der Waals surface area contributed by atoms with E-state index in [-0.39, 0.29) is 42.5 Å². The van der Waals surface area contributed by atoms with E-state index in [1.807, 2.05) is 0 Å². The first-order chi connectivity index (χ1) is 10.2. The van der Waals surface area contributed by atoms with Gasteiger partial charge in [0, 0.05) is 19.2 Å². The predicted molar refractivity (Wildman–Crippen MR) is 81.7 cm³/mol. The van der Waals surface area contributed by atoms with E-state index >= 15 is 0 Å². The Labute approximate surface area is 128 Å². The van der Waals surface area contributed by atoms with Crippen LogP contribution in [0.2, 0.25) is 0 Å². The fraction of sp³-hybridized carbons (Fsp3) is 0.417. The lowest BCUT2D eigenvalue weighted by atomic mass is 10.1. The number of hydrogen-bond acceptors (Lipinski definition) is 6. The van der Waals surface area contributed by atoms with Crippen molar-refractivity contribution >= 4 is 27.3 Å². The van der Waals surface area contributed by atoms with E-state index in [1.165, 1.54) is 25.1 Å². The quantitative estimate of drug-likeness (QED) is 0.260. The number of nitrogen functional groups attached to an aromatic ring is 1. The summed E-state index contributed by atoms with van der Waals surface area (Å²) >= 11 is 0. The molecule has 10 heteroatoms. The third-order valence-corrected chi connectivity index (χ3v) is 4.21. The average Bonchev–Trinajstić information content (AvgIpc) is 2.43. The highest BCUT2D eigenvalue weighted by molar-refractivity contribution is 7.89. The average molecular weight is 330 g/mol. The topological polar surface area (TPSA) is 144 Å². The Morgan fingerprint density at radius 2 is 2.05 bits per heavy atom. The molecule has 4 N–H and O–H groups in total. The van der Waals surface area contributed by atoms with E-state index in [0.29, 0.717) is 5.56 Å². The summed E-state index contributed by atoms with van der Waals surface area (Å²) in [4.78, 5) is 21.7. The van der Waals surface area contributed by atoms with Gasteiger partial charge in [0.15, 0.2) is 0 Å². The van der Waals surface area contributed by atoms with Gasteiger partial charge in [-0.15, -0.1) is 0 Å². The second kappa shape index (κ2) is 7.71. The molecule has 0 unspecified atom stereocenters. The first kappa shape index (κ1) is 17.9. The molecule has 9 nitrogen and oxygen atoms in total. The molecule has 22 heavy (non-hydrogen) atoms. The summed E-state index contributed by atoms with van der Waals surface area (Å²) in [5, 5.41) is 13.2. The number of nitrogens with one attached hydrogen (secondary N) is 2. The Hall–Kier alpha value is -2.20. The van der Waals surface area contributed by atoms with Crippen molar-refractivity contribution in [3.63, 3.8) is 0 Å². The van der Waals surface area contributed by atoms with Crippen molar-refractivity contribution in [1.82, 2.24) is 10.0 Å². The van der Waals surface area contributed by atoms with Crippen LogP contribution in [0.1, 0.15) is 12.5 Å². The minimum absolute atomic E-state index is 0.00270. The zero-order chi connectivity index (χ0) is 16.8. The predicted octanol–water partition coefficient (Wildman–Crippen LogP) is -0.225. The maximum absolute atomic E-state index is 11.7. The van der Waals surface area contributed by atoms with Gasteiger partial charge >= 0.3 is 0 Å². The molecule has 0 fully saturated rings. The van der Waals surface area contributed by atoms with Gasteiger partial charge in [0.05, 0.1) is 17.1 Å². The number of nitrogens with two attached hydrogens (primary N) is 1. The Balaban J connectivity index is 2.46. The number of nitro groups is 1. The number of hydrogen-bond donors (Lipinski definition) is 3. The van der Waals surface area contributed by atoms with Crippen molar-refractivity contribution in [3.8, 4) is 0 Å². The van der Waals surface area contributed by atoms with Gasteiger partial charge in [-0.2, -0.15) is 0 Å². The van der Waals surface area contributed by atoms with E-state index in [0.717, 1.165) is 0 Å². The van der Waals surface area contributed by atoms with Gasteiger partial charge in [0.25, 0.3) is 5.69 Å². The zero-order valence-corrected chi connectivity index (χ0v) is 12.9. The molecule has 0 saturated carbocycles. The molecular formula is C12H18N4O5S. The van der Waals surface area contributed by atoms with Gasteiger partial charge < -0.3 is 11.1 Å². The van der Waals surface area contributed by atoms with Crippen molar-refractivity contribution in [1.29, 1.82) is 0 Å². The van der Waals surface area contributed by atoms with Gasteiger partial charge in [0.1, 0.15) is 5.69 Å². The first-order valence-corrected chi connectivity index (χ1v) is 8.17. The Bertz CT molecular complexity index is 659. The lowest BCUT2D eigenvalue weighted by molar-refractivity contribution is -0.383. The lowest BCUT2D eigenvalue weighted by Crippen LogP contribution is -2.35. The Morgan fingerprint density at radius 1 is 1.36 bits per heavy atom. The summed E-state index contributed by atoms with van der Waals surface area (Å²) in [5.74, 6) is -0.354. The summed E-state index contributed by atoms with van der Waals surface area (Å²) in [6, 6.07) is 4.07. The highest BCUT2D eigenvalue weighted by Gasteiger charge is 2.12. The third kappa shape index (κ3) is 5.66. The lowest BCUT2D eigenvalue weighted by Gasteiger charge is -2.07. The van der Waals surface area contributed by atoms with Crippen LogP contribution in [0.5, 0.6) is 0 Å². The van der Waals surface area contributed by atoms with Crippen molar-refractivity contribution in [2.24, 2.45) is 0 Å². The number of nitro benzene ring substituents is 1. The second-order valence-corrected chi connectivity index (χ2v) is 6.57. The van der Waals surface area contributed by atoms with Gasteiger partial charge in [-0.25, -0.2) is 13.1 Å². The SMILES string of the molecule is CCS(=O)(=O)NCCNC(=O)Cc1ccc([N+](=O)[O-])c(N)c1. The van der Waals surface area contributed by atoms with E-state index in [1.54, 1.807) is 0 Å². The second-order valence-electron chi connectivity index (χ2n) is 4.47. The monoisotopic (exact) mass is 330 g/mol. The molecule has 0 atom stereocenters. The third-order valence-electron chi connectivity index (χ3n) is 2.80. The minimum Gasteiger partial charge on any atom is -0.393 e. The van der Waals surface area contributed by atoms with Crippen LogP contribution in [-0.4, -0.2) is 38.1 Å². The van der Waals surface area contributed by atoms with Crippen molar-refractivity contribution in [3.05, 3.63) is 33.9 Å². The summed E-state index contributed by atoms with van der Waals surface area (Å²) in [6.45, 7) is 1.77. The van der Waals surface area contributed by atoms with Gasteiger partial charge in [0.2, 0.25) is 15.9 Å². The standard InChI is InChI=1S/C12H18N4O5S/c1-2-22(20,21)15-6-5-14-12(17)8-9-3-4-11(16(18)19)10(13)7-9/h3-4,7,15H,2,5-6,8,13H2,1H3,(H,14,17). The molecule has 0 spiro atoms. The van der Waals surface area contributed by atoms with Crippen LogP contribution < -0.4 is 15.8 Å². The van der Waals surface area contributed by atoms with E-state index in [2.05, 4.69) is 10.0 Å². The first-order valence-electron chi connectivity index (χ1n) is 6.52. The van der Waals surface area contributed by atoms with Crippen LogP contribution in [-0.2, 0) is 21.2 Å². The molecular weight excluding hydrogens is 312 g/mol. The molecule has 1 rings (SSSR count). The van der Waals surface area contributed by atoms with E-state index < -0.39 is 14.9 Å². The summed E-state index contributed by atoms with van der Waals surface area (Å²) in [6.07, 6.45) is 0.00270. The maximum atomic E-state index is 11.7. The summed E-state index contributed by atoms with van der Waals surface area (Å²) in [5.41, 5.74) is 5.85. The number of anilines is 1.